The Hall–Kier alpha value is -1.80. The molecule has 1 aromatic rings. The van der Waals surface area contributed by atoms with Crippen LogP contribution in [0.4, 0.5) is 0 Å². The molecule has 0 aromatic heterocycles. The van der Waals surface area contributed by atoms with Crippen LogP contribution in [0.1, 0.15) is 25.8 Å². The van der Waals surface area contributed by atoms with Gasteiger partial charge in [-0.1, -0.05) is 12.1 Å². The number of nitrogens with zero attached hydrogens (tertiary/aromatic N) is 3. The quantitative estimate of drug-likeness (QED) is 0.727. The van der Waals surface area contributed by atoms with Crippen LogP contribution in [0, 0.1) is 0 Å². The molecule has 0 unspecified atom stereocenters. The van der Waals surface area contributed by atoms with Crippen LogP contribution in [0.15, 0.2) is 34.3 Å². The molecule has 0 amide bonds. The van der Waals surface area contributed by atoms with E-state index in [1.165, 1.54) is 10.6 Å². The number of hydrogen-bond acceptors (Lipinski definition) is 7. The van der Waals surface area contributed by atoms with Gasteiger partial charge in [-0.25, -0.2) is 4.99 Å². The maximum atomic E-state index is 5.85. The summed E-state index contributed by atoms with van der Waals surface area (Å²) in [6, 6.07) is 7.99. The minimum Gasteiger partial charge on any atom is -0.497 e. The van der Waals surface area contributed by atoms with E-state index in [2.05, 4.69) is 9.98 Å². The second-order valence-electron chi connectivity index (χ2n) is 5.51. The molecule has 0 aliphatic carbocycles. The molecule has 1 aliphatic heterocycles. The van der Waals surface area contributed by atoms with Crippen molar-refractivity contribution in [3.05, 3.63) is 29.8 Å². The molecule has 1 aromatic carbocycles. The molecule has 1 heterocycles. The molecule has 128 valence electrons. The summed E-state index contributed by atoms with van der Waals surface area (Å²) in [6.07, 6.45) is 1.76. The molecule has 0 radical (unpaired) electrons. The Morgan fingerprint density at radius 3 is 2.39 bits per heavy atom. The fraction of sp³-hybridized carbons (Fsp3) is 0.467. The standard InChI is InChI=1S/C15H23N5O2.BrH/c1-15(2)19-13(16)18-14(17)20(15)22-10-4-5-11-6-8-12(21-3)9-7-11;/h6-9H,4-5,10H2,1-3H3,(H4,16,17,18,19);1H. The predicted molar refractivity (Wildman–Crippen MR) is 96.8 cm³/mol. The maximum absolute atomic E-state index is 5.85. The Labute approximate surface area is 147 Å². The highest BCUT2D eigenvalue weighted by molar-refractivity contribution is 8.93. The van der Waals surface area contributed by atoms with Gasteiger partial charge >= 0.3 is 0 Å². The third-order valence-electron chi connectivity index (χ3n) is 3.31. The second-order valence-corrected chi connectivity index (χ2v) is 5.51. The summed E-state index contributed by atoms with van der Waals surface area (Å²) in [5.41, 5.74) is 12.0. The van der Waals surface area contributed by atoms with E-state index in [0.717, 1.165) is 18.6 Å². The maximum Gasteiger partial charge on any atom is 0.226 e. The minimum atomic E-state index is -0.657. The topological polar surface area (TPSA) is 98.5 Å². The van der Waals surface area contributed by atoms with E-state index in [4.69, 9.17) is 21.0 Å². The third-order valence-corrected chi connectivity index (χ3v) is 3.31. The second kappa shape index (κ2) is 8.16. The van der Waals surface area contributed by atoms with Gasteiger partial charge in [0.2, 0.25) is 11.9 Å². The summed E-state index contributed by atoms with van der Waals surface area (Å²) < 4.78 is 5.14. The molecule has 8 heteroatoms. The summed E-state index contributed by atoms with van der Waals surface area (Å²) in [4.78, 5) is 13.9. The van der Waals surface area contributed by atoms with Crippen molar-refractivity contribution in [1.29, 1.82) is 0 Å². The number of rotatable bonds is 6. The third kappa shape index (κ3) is 5.11. The first kappa shape index (κ1) is 19.2. The normalized spacial score (nSPS) is 16.2. The summed E-state index contributed by atoms with van der Waals surface area (Å²) in [7, 11) is 1.66. The predicted octanol–water partition coefficient (Wildman–Crippen LogP) is 1.82. The molecule has 0 saturated carbocycles. The van der Waals surface area contributed by atoms with E-state index < -0.39 is 5.66 Å². The van der Waals surface area contributed by atoms with Crippen molar-refractivity contribution in [2.24, 2.45) is 21.5 Å². The van der Waals surface area contributed by atoms with E-state index in [0.29, 0.717) is 6.61 Å². The molecule has 0 saturated heterocycles. The fourth-order valence-electron chi connectivity index (χ4n) is 2.24. The van der Waals surface area contributed by atoms with Crippen LogP contribution in [0.2, 0.25) is 0 Å². The van der Waals surface area contributed by atoms with Crippen molar-refractivity contribution in [3.8, 4) is 5.75 Å². The Morgan fingerprint density at radius 1 is 1.17 bits per heavy atom. The van der Waals surface area contributed by atoms with Crippen molar-refractivity contribution >= 4 is 28.9 Å². The number of hydrogen-bond donors (Lipinski definition) is 2. The Kier molecular flexibility index (Phi) is 6.83. The zero-order valence-corrected chi connectivity index (χ0v) is 15.4. The van der Waals surface area contributed by atoms with Gasteiger partial charge in [0, 0.05) is 0 Å². The van der Waals surface area contributed by atoms with Crippen LogP contribution in [0.25, 0.3) is 0 Å². The van der Waals surface area contributed by atoms with Gasteiger partial charge in [0.25, 0.3) is 0 Å². The van der Waals surface area contributed by atoms with Crippen LogP contribution < -0.4 is 16.2 Å². The first-order chi connectivity index (χ1) is 10.4. The molecule has 4 N–H and O–H groups in total. The number of aliphatic imine (C=N–C) groups is 2. The molecule has 0 spiro atoms. The number of methoxy groups -OCH3 is 1. The monoisotopic (exact) mass is 385 g/mol. The summed E-state index contributed by atoms with van der Waals surface area (Å²) in [5.74, 6) is 1.25. The zero-order chi connectivity index (χ0) is 16.2. The lowest BCUT2D eigenvalue weighted by Crippen LogP contribution is -2.53. The fourth-order valence-corrected chi connectivity index (χ4v) is 2.24. The molecule has 7 nitrogen and oxygen atoms in total. The highest BCUT2D eigenvalue weighted by Gasteiger charge is 2.32. The molecule has 0 fully saturated rings. The van der Waals surface area contributed by atoms with Gasteiger partial charge in [0.1, 0.15) is 5.75 Å². The molecular weight excluding hydrogens is 362 g/mol. The summed E-state index contributed by atoms with van der Waals surface area (Å²) in [5, 5.41) is 1.50. The molecule has 0 atom stereocenters. The van der Waals surface area contributed by atoms with Crippen LogP contribution in [0.3, 0.4) is 0 Å². The van der Waals surface area contributed by atoms with E-state index in [9.17, 15) is 0 Å². The Bertz CT molecular complexity index is 572. The number of hydroxylamine groups is 2. The van der Waals surface area contributed by atoms with Crippen LogP contribution in [0.5, 0.6) is 5.75 Å². The minimum absolute atomic E-state index is 0. The molecule has 1 aliphatic rings. The van der Waals surface area contributed by atoms with Crippen molar-refractivity contribution in [2.45, 2.75) is 32.4 Å². The Morgan fingerprint density at radius 2 is 1.83 bits per heavy atom. The van der Waals surface area contributed by atoms with Crippen LogP contribution >= 0.6 is 17.0 Å². The SMILES string of the molecule is Br.COc1ccc(CCCON2C(N)=NC(N)=NC2(C)C)cc1. The lowest BCUT2D eigenvalue weighted by molar-refractivity contribution is -0.157. The smallest absolute Gasteiger partial charge is 0.226 e. The van der Waals surface area contributed by atoms with Gasteiger partial charge in [-0.3, -0.25) is 4.84 Å². The largest absolute Gasteiger partial charge is 0.497 e. The van der Waals surface area contributed by atoms with Crippen molar-refractivity contribution < 1.29 is 9.57 Å². The van der Waals surface area contributed by atoms with Crippen LogP contribution in [-0.2, 0) is 11.3 Å². The first-order valence-corrected chi connectivity index (χ1v) is 7.18. The summed E-state index contributed by atoms with van der Waals surface area (Å²) in [6.45, 7) is 4.25. The highest BCUT2D eigenvalue weighted by Crippen LogP contribution is 2.20. The van der Waals surface area contributed by atoms with Crippen molar-refractivity contribution in [2.75, 3.05) is 13.7 Å². The number of aryl methyl sites for hydroxylation is 1. The molecule has 23 heavy (non-hydrogen) atoms. The average molecular weight is 386 g/mol. The van der Waals surface area contributed by atoms with E-state index in [1.807, 2.05) is 38.1 Å². The van der Waals surface area contributed by atoms with Gasteiger partial charge in [0.15, 0.2) is 5.66 Å². The van der Waals surface area contributed by atoms with E-state index in [1.54, 1.807) is 7.11 Å². The molecule has 0 bridgehead atoms. The van der Waals surface area contributed by atoms with E-state index in [-0.39, 0.29) is 28.9 Å². The van der Waals surface area contributed by atoms with Crippen molar-refractivity contribution in [3.63, 3.8) is 0 Å². The van der Waals surface area contributed by atoms with Crippen LogP contribution in [-0.4, -0.2) is 36.4 Å². The number of benzene rings is 1. The first-order valence-electron chi connectivity index (χ1n) is 7.18. The molecule has 2 rings (SSSR count). The van der Waals surface area contributed by atoms with E-state index >= 15 is 0 Å². The highest BCUT2D eigenvalue weighted by atomic mass is 79.9. The lowest BCUT2D eigenvalue weighted by atomic mass is 10.1. The van der Waals surface area contributed by atoms with Gasteiger partial charge in [-0.2, -0.15) is 10.1 Å². The van der Waals surface area contributed by atoms with Gasteiger partial charge in [0.05, 0.1) is 13.7 Å². The summed E-state index contributed by atoms with van der Waals surface area (Å²) >= 11 is 0. The number of ether oxygens (including phenoxy) is 1. The van der Waals surface area contributed by atoms with Crippen molar-refractivity contribution in [1.82, 2.24) is 5.06 Å². The number of nitrogens with two attached hydrogens (primary N) is 2. The lowest BCUT2D eigenvalue weighted by Gasteiger charge is -2.36. The number of halogens is 1. The van der Waals surface area contributed by atoms with Gasteiger partial charge < -0.3 is 16.2 Å². The Balaban J connectivity index is 0.00000264. The molecular formula is C15H24BrN5O2. The zero-order valence-electron chi connectivity index (χ0n) is 13.7. The van der Waals surface area contributed by atoms with Gasteiger partial charge in [-0.15, -0.1) is 17.0 Å². The average Bonchev–Trinajstić information content (AvgIpc) is 2.45. The number of guanidine groups is 2. The van der Waals surface area contributed by atoms with Gasteiger partial charge in [-0.05, 0) is 44.4 Å².